The van der Waals surface area contributed by atoms with E-state index < -0.39 is 0 Å². The number of rotatable bonds is 2. The summed E-state index contributed by atoms with van der Waals surface area (Å²) in [5.41, 5.74) is 2.51. The molecule has 0 radical (unpaired) electrons. The van der Waals surface area contributed by atoms with Crippen LogP contribution in [0.15, 0.2) is 6.20 Å². The van der Waals surface area contributed by atoms with E-state index in [1.54, 1.807) is 0 Å². The van der Waals surface area contributed by atoms with Gasteiger partial charge in [-0.25, -0.2) is 4.98 Å². The first-order chi connectivity index (χ1) is 5.69. The van der Waals surface area contributed by atoms with Crippen LogP contribution in [-0.4, -0.2) is 4.98 Å². The first-order valence-electron chi connectivity index (χ1n) is 4.27. The minimum absolute atomic E-state index is 0.750. The van der Waals surface area contributed by atoms with E-state index in [-0.39, 0.29) is 0 Å². The van der Waals surface area contributed by atoms with Crippen LogP contribution in [0.2, 0.25) is 0 Å². The monoisotopic (exact) mass is 166 g/mol. The van der Waals surface area contributed by atoms with Crippen molar-refractivity contribution in [2.45, 2.75) is 33.6 Å². The number of hydrogen-bond donors (Lipinski definition) is 0. The smallest absolute Gasteiger partial charge is 0.213 e. The van der Waals surface area contributed by atoms with Gasteiger partial charge in [0, 0.05) is 6.42 Å². The summed E-state index contributed by atoms with van der Waals surface area (Å²) in [6.07, 6.45) is 3.10. The Hall–Kier alpha value is -1.12. The highest BCUT2D eigenvalue weighted by atomic mass is 16.5. The Morgan fingerprint density at radius 3 is 2.58 bits per heavy atom. The maximum Gasteiger partial charge on any atom is 0.213 e. The Morgan fingerprint density at radius 1 is 1.42 bits per heavy atom. The van der Waals surface area contributed by atoms with Crippen LogP contribution in [0.3, 0.4) is 0 Å². The van der Waals surface area contributed by atoms with Crippen molar-refractivity contribution in [1.29, 1.82) is 0 Å². The van der Waals surface area contributed by atoms with Gasteiger partial charge >= 0.3 is 0 Å². The predicted molar refractivity (Wildman–Crippen MR) is 46.7 cm³/mol. The maximum atomic E-state index is 11.3. The Kier molecular flexibility index (Phi) is 2.63. The lowest BCUT2D eigenvalue weighted by molar-refractivity contribution is -0.615. The molecule has 0 bridgehead atoms. The zero-order chi connectivity index (χ0) is 9.14. The number of hydrogen-bond acceptors (Lipinski definition) is 2. The first kappa shape index (κ1) is 8.97. The molecule has 3 nitrogen and oxygen atoms in total. The van der Waals surface area contributed by atoms with Crippen LogP contribution < -0.4 is 4.73 Å². The fourth-order valence-corrected chi connectivity index (χ4v) is 1.32. The molecule has 0 saturated heterocycles. The van der Waals surface area contributed by atoms with Crippen molar-refractivity contribution in [3.63, 3.8) is 0 Å². The summed E-state index contributed by atoms with van der Waals surface area (Å²) < 4.78 is 0.932. The van der Waals surface area contributed by atoms with Gasteiger partial charge in [-0.05, 0) is 13.3 Å². The SMILES string of the molecule is CCc1nc(C)c[n+]([O-])c1CC. The van der Waals surface area contributed by atoms with Gasteiger partial charge in [0.1, 0.15) is 11.4 Å². The molecule has 3 heteroatoms. The van der Waals surface area contributed by atoms with Gasteiger partial charge in [0.2, 0.25) is 11.9 Å². The molecule has 0 saturated carbocycles. The lowest BCUT2D eigenvalue weighted by atomic mass is 10.2. The Labute approximate surface area is 72.7 Å². The largest absolute Gasteiger partial charge is 0.618 e. The van der Waals surface area contributed by atoms with E-state index >= 15 is 0 Å². The fraction of sp³-hybridized carbons (Fsp3) is 0.556. The van der Waals surface area contributed by atoms with Gasteiger partial charge in [-0.2, -0.15) is 4.73 Å². The number of aromatic nitrogens is 2. The molecular formula is C9H14N2O. The van der Waals surface area contributed by atoms with E-state index in [1.807, 2.05) is 20.8 Å². The second-order valence-electron chi connectivity index (χ2n) is 2.81. The van der Waals surface area contributed by atoms with Crippen molar-refractivity contribution in [2.24, 2.45) is 0 Å². The van der Waals surface area contributed by atoms with Gasteiger partial charge in [0.05, 0.1) is 0 Å². The van der Waals surface area contributed by atoms with Crippen molar-refractivity contribution < 1.29 is 4.73 Å². The van der Waals surface area contributed by atoms with Crippen LogP contribution in [0, 0.1) is 12.1 Å². The third-order valence-corrected chi connectivity index (χ3v) is 1.88. The second kappa shape index (κ2) is 3.52. The van der Waals surface area contributed by atoms with E-state index in [0.717, 1.165) is 34.7 Å². The van der Waals surface area contributed by atoms with Crippen molar-refractivity contribution >= 4 is 0 Å². The second-order valence-corrected chi connectivity index (χ2v) is 2.81. The third-order valence-electron chi connectivity index (χ3n) is 1.88. The molecule has 0 aliphatic heterocycles. The quantitative estimate of drug-likeness (QED) is 0.488. The molecule has 0 aliphatic carbocycles. The van der Waals surface area contributed by atoms with Crippen LogP contribution in [0.1, 0.15) is 30.9 Å². The summed E-state index contributed by atoms with van der Waals surface area (Å²) in [6, 6.07) is 0. The van der Waals surface area contributed by atoms with Crippen molar-refractivity contribution in [3.05, 3.63) is 28.5 Å². The molecular weight excluding hydrogens is 152 g/mol. The molecule has 1 rings (SSSR count). The molecule has 0 atom stereocenters. The molecule has 0 N–H and O–H groups in total. The molecule has 66 valence electrons. The van der Waals surface area contributed by atoms with Crippen LogP contribution >= 0.6 is 0 Å². The third kappa shape index (κ3) is 1.55. The van der Waals surface area contributed by atoms with E-state index in [1.165, 1.54) is 6.20 Å². The molecule has 12 heavy (non-hydrogen) atoms. The summed E-state index contributed by atoms with van der Waals surface area (Å²) in [5.74, 6) is 0. The maximum absolute atomic E-state index is 11.3. The molecule has 1 heterocycles. The van der Waals surface area contributed by atoms with Crippen LogP contribution in [0.4, 0.5) is 0 Å². The highest BCUT2D eigenvalue weighted by molar-refractivity contribution is 5.08. The van der Waals surface area contributed by atoms with Gasteiger partial charge in [0.25, 0.3) is 0 Å². The zero-order valence-corrected chi connectivity index (χ0v) is 7.79. The van der Waals surface area contributed by atoms with E-state index in [0.29, 0.717) is 0 Å². The summed E-state index contributed by atoms with van der Waals surface area (Å²) in [4.78, 5) is 4.30. The summed E-state index contributed by atoms with van der Waals surface area (Å²) in [7, 11) is 0. The van der Waals surface area contributed by atoms with Crippen LogP contribution in [-0.2, 0) is 12.8 Å². The van der Waals surface area contributed by atoms with Gasteiger partial charge in [-0.15, -0.1) is 0 Å². The molecule has 0 amide bonds. The summed E-state index contributed by atoms with van der Waals surface area (Å²) in [5, 5.41) is 11.3. The Morgan fingerprint density at radius 2 is 2.08 bits per heavy atom. The molecule has 0 unspecified atom stereocenters. The van der Waals surface area contributed by atoms with E-state index in [2.05, 4.69) is 4.98 Å². The molecule has 1 aromatic rings. The summed E-state index contributed by atoms with van der Waals surface area (Å²) in [6.45, 7) is 5.83. The average molecular weight is 166 g/mol. The van der Waals surface area contributed by atoms with Crippen molar-refractivity contribution in [1.82, 2.24) is 4.98 Å². The average Bonchev–Trinajstić information content (AvgIpc) is 2.03. The van der Waals surface area contributed by atoms with Crippen molar-refractivity contribution in [3.8, 4) is 0 Å². The molecule has 0 aliphatic rings. The fourth-order valence-electron chi connectivity index (χ4n) is 1.32. The number of aryl methyl sites for hydroxylation is 2. The van der Waals surface area contributed by atoms with Gasteiger partial charge in [0.15, 0.2) is 0 Å². The zero-order valence-electron chi connectivity index (χ0n) is 7.79. The molecule has 1 aromatic heterocycles. The highest BCUT2D eigenvalue weighted by Gasteiger charge is 2.10. The normalized spacial score (nSPS) is 10.2. The highest BCUT2D eigenvalue weighted by Crippen LogP contribution is 2.03. The number of nitrogens with zero attached hydrogens (tertiary/aromatic N) is 2. The lowest BCUT2D eigenvalue weighted by Crippen LogP contribution is -2.34. The van der Waals surface area contributed by atoms with Gasteiger partial charge in [-0.3, -0.25) is 0 Å². The molecule has 0 fully saturated rings. The van der Waals surface area contributed by atoms with E-state index in [4.69, 9.17) is 0 Å². The predicted octanol–water partition coefficient (Wildman–Crippen LogP) is 1.15. The minimum atomic E-state index is 0.750. The summed E-state index contributed by atoms with van der Waals surface area (Å²) >= 11 is 0. The van der Waals surface area contributed by atoms with Crippen molar-refractivity contribution in [2.75, 3.05) is 0 Å². The van der Waals surface area contributed by atoms with Crippen LogP contribution in [0.25, 0.3) is 0 Å². The molecule has 0 aromatic carbocycles. The van der Waals surface area contributed by atoms with Crippen LogP contribution in [0.5, 0.6) is 0 Å². The van der Waals surface area contributed by atoms with Gasteiger partial charge < -0.3 is 5.21 Å². The topological polar surface area (TPSA) is 39.8 Å². The first-order valence-corrected chi connectivity index (χ1v) is 4.27. The Balaban J connectivity index is 3.24. The molecule has 0 spiro atoms. The lowest BCUT2D eigenvalue weighted by Gasteiger charge is -2.06. The van der Waals surface area contributed by atoms with E-state index in [9.17, 15) is 5.21 Å². The Bertz CT molecular complexity index is 284. The minimum Gasteiger partial charge on any atom is -0.618 e. The van der Waals surface area contributed by atoms with Gasteiger partial charge in [-0.1, -0.05) is 13.8 Å². The standard InChI is InChI=1S/C9H14N2O/c1-4-8-9(5-2)11(12)6-7(3)10-8/h6H,4-5H2,1-3H3.